The van der Waals surface area contributed by atoms with Crippen LogP contribution in [-0.4, -0.2) is 13.2 Å². The molecule has 0 radical (unpaired) electrons. The van der Waals surface area contributed by atoms with Gasteiger partial charge in [0.25, 0.3) is 0 Å². The predicted molar refractivity (Wildman–Crippen MR) is 78.0 cm³/mol. The molecule has 0 bridgehead atoms. The number of carbonyl (C=O) groups is 1. The summed E-state index contributed by atoms with van der Waals surface area (Å²) >= 11 is 0. The number of para-hydroxylation sites is 2. The highest BCUT2D eigenvalue weighted by Crippen LogP contribution is 2.23. The quantitative estimate of drug-likeness (QED) is 0.921. The van der Waals surface area contributed by atoms with E-state index in [1.165, 1.54) is 0 Å². The van der Waals surface area contributed by atoms with E-state index >= 15 is 0 Å². The number of aryl methyl sites for hydroxylation is 1. The zero-order chi connectivity index (χ0) is 14.4. The van der Waals surface area contributed by atoms with Crippen LogP contribution in [0.5, 0.6) is 5.75 Å². The Kier molecular flexibility index (Phi) is 4.60. The SMILES string of the molecule is COc1c(C)cccc1COC(=O)Nc1ccccc1. The molecule has 0 atom stereocenters. The predicted octanol–water partition coefficient (Wildman–Crippen LogP) is 3.75. The average molecular weight is 271 g/mol. The summed E-state index contributed by atoms with van der Waals surface area (Å²) in [5, 5.41) is 2.66. The number of hydrogen-bond donors (Lipinski definition) is 1. The largest absolute Gasteiger partial charge is 0.496 e. The number of methoxy groups -OCH3 is 1. The van der Waals surface area contributed by atoms with Crippen molar-refractivity contribution < 1.29 is 14.3 Å². The van der Waals surface area contributed by atoms with Crippen molar-refractivity contribution in [3.05, 3.63) is 59.7 Å². The van der Waals surface area contributed by atoms with Crippen molar-refractivity contribution in [3.8, 4) is 5.75 Å². The molecular formula is C16H17NO3. The van der Waals surface area contributed by atoms with E-state index in [0.717, 1.165) is 16.9 Å². The van der Waals surface area contributed by atoms with Crippen LogP contribution in [0.15, 0.2) is 48.5 Å². The summed E-state index contributed by atoms with van der Waals surface area (Å²) in [6.07, 6.45) is -0.486. The molecule has 104 valence electrons. The molecule has 4 heteroatoms. The Morgan fingerprint density at radius 3 is 2.55 bits per heavy atom. The maximum Gasteiger partial charge on any atom is 0.411 e. The second-order valence-electron chi connectivity index (χ2n) is 4.33. The summed E-state index contributed by atoms with van der Waals surface area (Å²) in [5.74, 6) is 0.750. The number of amides is 1. The maximum atomic E-state index is 11.7. The van der Waals surface area contributed by atoms with E-state index in [1.54, 1.807) is 19.2 Å². The van der Waals surface area contributed by atoms with Crippen molar-refractivity contribution in [1.82, 2.24) is 0 Å². The third kappa shape index (κ3) is 3.51. The van der Waals surface area contributed by atoms with Crippen molar-refractivity contribution >= 4 is 11.8 Å². The number of nitrogens with one attached hydrogen (secondary N) is 1. The van der Waals surface area contributed by atoms with Crippen LogP contribution in [0.1, 0.15) is 11.1 Å². The highest BCUT2D eigenvalue weighted by Gasteiger charge is 2.09. The lowest BCUT2D eigenvalue weighted by Crippen LogP contribution is -2.13. The lowest BCUT2D eigenvalue weighted by molar-refractivity contribution is 0.154. The second-order valence-corrected chi connectivity index (χ2v) is 4.33. The molecule has 0 aliphatic carbocycles. The van der Waals surface area contributed by atoms with Gasteiger partial charge in [0.1, 0.15) is 12.4 Å². The van der Waals surface area contributed by atoms with E-state index in [0.29, 0.717) is 5.69 Å². The third-order valence-electron chi connectivity index (χ3n) is 2.88. The molecule has 1 N–H and O–H groups in total. The number of ether oxygens (including phenoxy) is 2. The Morgan fingerprint density at radius 2 is 1.85 bits per heavy atom. The minimum absolute atomic E-state index is 0.170. The molecule has 0 aliphatic rings. The smallest absolute Gasteiger partial charge is 0.411 e. The van der Waals surface area contributed by atoms with Gasteiger partial charge in [0.05, 0.1) is 7.11 Å². The minimum Gasteiger partial charge on any atom is -0.496 e. The topological polar surface area (TPSA) is 47.6 Å². The molecule has 0 saturated heterocycles. The number of rotatable bonds is 4. The lowest BCUT2D eigenvalue weighted by atomic mass is 10.1. The maximum absolute atomic E-state index is 11.7. The van der Waals surface area contributed by atoms with Crippen molar-refractivity contribution in [2.24, 2.45) is 0 Å². The van der Waals surface area contributed by atoms with Gasteiger partial charge in [-0.25, -0.2) is 4.79 Å². The minimum atomic E-state index is -0.486. The summed E-state index contributed by atoms with van der Waals surface area (Å²) in [5.41, 5.74) is 2.56. The Balaban J connectivity index is 1.95. The summed E-state index contributed by atoms with van der Waals surface area (Å²) in [4.78, 5) is 11.7. The van der Waals surface area contributed by atoms with Crippen LogP contribution in [0.25, 0.3) is 0 Å². The van der Waals surface area contributed by atoms with E-state index in [9.17, 15) is 4.79 Å². The van der Waals surface area contributed by atoms with Crippen molar-refractivity contribution in [3.63, 3.8) is 0 Å². The summed E-state index contributed by atoms with van der Waals surface area (Å²) in [7, 11) is 1.61. The molecule has 0 saturated carbocycles. The van der Waals surface area contributed by atoms with Crippen LogP contribution in [0, 0.1) is 6.92 Å². The van der Waals surface area contributed by atoms with Gasteiger partial charge in [-0.05, 0) is 24.6 Å². The van der Waals surface area contributed by atoms with Gasteiger partial charge in [0.15, 0.2) is 0 Å². The first kappa shape index (κ1) is 13.9. The van der Waals surface area contributed by atoms with Gasteiger partial charge < -0.3 is 9.47 Å². The summed E-state index contributed by atoms with van der Waals surface area (Å²) in [6, 6.07) is 14.9. The fraction of sp³-hybridized carbons (Fsp3) is 0.188. The third-order valence-corrected chi connectivity index (χ3v) is 2.88. The van der Waals surface area contributed by atoms with Crippen LogP contribution in [0.3, 0.4) is 0 Å². The van der Waals surface area contributed by atoms with E-state index in [4.69, 9.17) is 9.47 Å². The lowest BCUT2D eigenvalue weighted by Gasteiger charge is -2.12. The first-order chi connectivity index (χ1) is 9.70. The van der Waals surface area contributed by atoms with Gasteiger partial charge in [0, 0.05) is 11.3 Å². The van der Waals surface area contributed by atoms with Gasteiger partial charge >= 0.3 is 6.09 Å². The van der Waals surface area contributed by atoms with Gasteiger partial charge in [0.2, 0.25) is 0 Å². The number of benzene rings is 2. The fourth-order valence-electron chi connectivity index (χ4n) is 1.94. The van der Waals surface area contributed by atoms with Crippen LogP contribution in [-0.2, 0) is 11.3 Å². The highest BCUT2D eigenvalue weighted by molar-refractivity contribution is 5.84. The van der Waals surface area contributed by atoms with E-state index in [-0.39, 0.29) is 6.61 Å². The highest BCUT2D eigenvalue weighted by atomic mass is 16.5. The zero-order valence-electron chi connectivity index (χ0n) is 11.6. The standard InChI is InChI=1S/C16H17NO3/c1-12-7-6-8-13(15(12)19-2)11-20-16(18)17-14-9-4-3-5-10-14/h3-10H,11H2,1-2H3,(H,17,18). The molecule has 4 nitrogen and oxygen atoms in total. The fourth-order valence-corrected chi connectivity index (χ4v) is 1.94. The first-order valence-electron chi connectivity index (χ1n) is 6.32. The summed E-state index contributed by atoms with van der Waals surface area (Å²) in [6.45, 7) is 2.12. The van der Waals surface area contributed by atoms with Gasteiger partial charge in [-0.15, -0.1) is 0 Å². The number of hydrogen-bond acceptors (Lipinski definition) is 3. The van der Waals surface area contributed by atoms with Gasteiger partial charge in [-0.1, -0.05) is 36.4 Å². The molecule has 0 aliphatic heterocycles. The van der Waals surface area contributed by atoms with Crippen LogP contribution in [0.2, 0.25) is 0 Å². The van der Waals surface area contributed by atoms with Crippen LogP contribution in [0.4, 0.5) is 10.5 Å². The Hall–Kier alpha value is -2.49. The van der Waals surface area contributed by atoms with Crippen molar-refractivity contribution in [1.29, 1.82) is 0 Å². The Bertz CT molecular complexity index is 582. The van der Waals surface area contributed by atoms with Crippen LogP contribution < -0.4 is 10.1 Å². The number of carbonyl (C=O) groups excluding carboxylic acids is 1. The van der Waals surface area contributed by atoms with Gasteiger partial charge in [-0.3, -0.25) is 5.32 Å². The molecule has 20 heavy (non-hydrogen) atoms. The van der Waals surface area contributed by atoms with Crippen molar-refractivity contribution in [2.45, 2.75) is 13.5 Å². The molecule has 2 aromatic carbocycles. The molecule has 1 amide bonds. The van der Waals surface area contributed by atoms with Crippen molar-refractivity contribution in [2.75, 3.05) is 12.4 Å². The molecule has 0 aromatic heterocycles. The monoisotopic (exact) mass is 271 g/mol. The number of anilines is 1. The molecule has 0 fully saturated rings. The second kappa shape index (κ2) is 6.61. The zero-order valence-corrected chi connectivity index (χ0v) is 11.6. The first-order valence-corrected chi connectivity index (χ1v) is 6.32. The summed E-state index contributed by atoms with van der Waals surface area (Å²) < 4.78 is 10.5. The average Bonchev–Trinajstić information content (AvgIpc) is 2.46. The molecule has 0 spiro atoms. The van der Waals surface area contributed by atoms with E-state index in [2.05, 4.69) is 5.32 Å². The van der Waals surface area contributed by atoms with E-state index in [1.807, 2.05) is 43.3 Å². The van der Waals surface area contributed by atoms with Crippen LogP contribution >= 0.6 is 0 Å². The molecular weight excluding hydrogens is 254 g/mol. The van der Waals surface area contributed by atoms with Gasteiger partial charge in [-0.2, -0.15) is 0 Å². The molecule has 0 heterocycles. The normalized spacial score (nSPS) is 9.90. The Labute approximate surface area is 118 Å². The molecule has 2 aromatic rings. The molecule has 0 unspecified atom stereocenters. The van der Waals surface area contributed by atoms with E-state index < -0.39 is 6.09 Å². The Morgan fingerprint density at radius 1 is 1.10 bits per heavy atom. The molecule has 2 rings (SSSR count).